The smallest absolute Gasteiger partial charge is 0.323 e. The van der Waals surface area contributed by atoms with Gasteiger partial charge in [-0.05, 0) is 25.2 Å². The van der Waals surface area contributed by atoms with Crippen LogP contribution in [0.3, 0.4) is 0 Å². The fourth-order valence-corrected chi connectivity index (χ4v) is 1.50. The molecule has 2 amide bonds. The molecule has 0 aliphatic heterocycles. The zero-order chi connectivity index (χ0) is 12.0. The van der Waals surface area contributed by atoms with Gasteiger partial charge >= 0.3 is 12.0 Å². The zero-order valence-electron chi connectivity index (χ0n) is 9.74. The fourth-order valence-electron chi connectivity index (χ4n) is 1.50. The molecule has 1 fully saturated rings. The highest BCUT2D eigenvalue weighted by molar-refractivity contribution is 5.79. The van der Waals surface area contributed by atoms with E-state index in [1.54, 1.807) is 4.90 Å². The van der Waals surface area contributed by atoms with Crippen LogP contribution in [0.25, 0.3) is 0 Å². The summed E-state index contributed by atoms with van der Waals surface area (Å²) in [6.45, 7) is 3.26. The van der Waals surface area contributed by atoms with Crippen LogP contribution in [0.15, 0.2) is 0 Å². The van der Waals surface area contributed by atoms with Crippen LogP contribution < -0.4 is 5.32 Å². The molecule has 0 bridgehead atoms. The van der Waals surface area contributed by atoms with Gasteiger partial charge in [0.15, 0.2) is 0 Å². The second-order valence-corrected chi connectivity index (χ2v) is 4.30. The molecule has 1 aliphatic carbocycles. The van der Waals surface area contributed by atoms with E-state index in [4.69, 9.17) is 5.11 Å². The van der Waals surface area contributed by atoms with Crippen LogP contribution in [0, 0.1) is 5.92 Å². The second kappa shape index (κ2) is 6.35. The van der Waals surface area contributed by atoms with E-state index in [1.807, 2.05) is 0 Å². The number of hydrogen-bond acceptors (Lipinski definition) is 2. The van der Waals surface area contributed by atoms with Gasteiger partial charge in [-0.1, -0.05) is 13.3 Å². The molecule has 16 heavy (non-hydrogen) atoms. The maximum absolute atomic E-state index is 11.7. The number of carbonyl (C=O) groups is 2. The molecule has 0 aromatic heterocycles. The van der Waals surface area contributed by atoms with Crippen LogP contribution in [0.5, 0.6) is 0 Å². The highest BCUT2D eigenvalue weighted by Gasteiger charge is 2.26. The standard InChI is InChI=1S/C11H20N2O3/c1-2-3-6-13(8-9-4-5-9)11(16)12-7-10(14)15/h9H,2-8H2,1H3,(H,12,16)(H,14,15). The number of rotatable bonds is 7. The number of hydrogen-bond donors (Lipinski definition) is 2. The highest BCUT2D eigenvalue weighted by atomic mass is 16.4. The minimum Gasteiger partial charge on any atom is -0.480 e. The van der Waals surface area contributed by atoms with Crippen molar-refractivity contribution in [3.05, 3.63) is 0 Å². The van der Waals surface area contributed by atoms with Gasteiger partial charge in [-0.25, -0.2) is 4.79 Å². The normalized spacial score (nSPS) is 14.6. The van der Waals surface area contributed by atoms with Crippen molar-refractivity contribution in [1.29, 1.82) is 0 Å². The van der Waals surface area contributed by atoms with Crippen LogP contribution in [0.1, 0.15) is 32.6 Å². The molecule has 0 atom stereocenters. The van der Waals surface area contributed by atoms with Crippen LogP contribution in [0.2, 0.25) is 0 Å². The van der Waals surface area contributed by atoms with Gasteiger partial charge in [0.05, 0.1) is 0 Å². The lowest BCUT2D eigenvalue weighted by Gasteiger charge is -2.22. The molecular formula is C11H20N2O3. The Kier molecular flexibility index (Phi) is 5.08. The van der Waals surface area contributed by atoms with E-state index in [9.17, 15) is 9.59 Å². The van der Waals surface area contributed by atoms with Crippen molar-refractivity contribution in [2.24, 2.45) is 5.92 Å². The van der Waals surface area contributed by atoms with Gasteiger partial charge < -0.3 is 15.3 Å². The van der Waals surface area contributed by atoms with Crippen LogP contribution in [-0.2, 0) is 4.79 Å². The van der Waals surface area contributed by atoms with Gasteiger partial charge in [0, 0.05) is 13.1 Å². The first-order valence-corrected chi connectivity index (χ1v) is 5.88. The second-order valence-electron chi connectivity index (χ2n) is 4.30. The van der Waals surface area contributed by atoms with Crippen LogP contribution in [0.4, 0.5) is 4.79 Å². The molecule has 0 aromatic rings. The first-order chi connectivity index (χ1) is 7.63. The van der Waals surface area contributed by atoms with Crippen molar-refractivity contribution >= 4 is 12.0 Å². The van der Waals surface area contributed by atoms with Crippen LogP contribution in [-0.4, -0.2) is 41.6 Å². The van der Waals surface area contributed by atoms with Crippen molar-refractivity contribution in [1.82, 2.24) is 10.2 Å². The Labute approximate surface area is 95.8 Å². The third kappa shape index (κ3) is 5.00. The molecule has 92 valence electrons. The van der Waals surface area contributed by atoms with Crippen molar-refractivity contribution in [3.8, 4) is 0 Å². The molecule has 0 radical (unpaired) electrons. The minimum atomic E-state index is -1.00. The average Bonchev–Trinajstić information content (AvgIpc) is 3.04. The van der Waals surface area contributed by atoms with Gasteiger partial charge in [0.25, 0.3) is 0 Å². The van der Waals surface area contributed by atoms with Crippen molar-refractivity contribution in [2.75, 3.05) is 19.6 Å². The summed E-state index contributed by atoms with van der Waals surface area (Å²) >= 11 is 0. The first-order valence-electron chi connectivity index (χ1n) is 5.88. The van der Waals surface area contributed by atoms with E-state index >= 15 is 0 Å². The van der Waals surface area contributed by atoms with Crippen LogP contribution >= 0.6 is 0 Å². The number of nitrogens with one attached hydrogen (secondary N) is 1. The minimum absolute atomic E-state index is 0.247. The highest BCUT2D eigenvalue weighted by Crippen LogP contribution is 2.29. The lowest BCUT2D eigenvalue weighted by atomic mass is 10.3. The molecule has 0 unspecified atom stereocenters. The Morgan fingerprint density at radius 1 is 1.44 bits per heavy atom. The number of amides is 2. The monoisotopic (exact) mass is 228 g/mol. The largest absolute Gasteiger partial charge is 0.480 e. The van der Waals surface area contributed by atoms with Gasteiger partial charge in [0.1, 0.15) is 6.54 Å². The summed E-state index contributed by atoms with van der Waals surface area (Å²) in [7, 11) is 0. The summed E-state index contributed by atoms with van der Waals surface area (Å²) in [4.78, 5) is 23.8. The summed E-state index contributed by atoms with van der Waals surface area (Å²) in [5.41, 5.74) is 0. The van der Waals surface area contributed by atoms with E-state index in [-0.39, 0.29) is 12.6 Å². The quantitative estimate of drug-likeness (QED) is 0.690. The molecule has 0 aromatic carbocycles. The topological polar surface area (TPSA) is 69.6 Å². The molecule has 5 heteroatoms. The van der Waals surface area contributed by atoms with E-state index in [0.29, 0.717) is 5.92 Å². The van der Waals surface area contributed by atoms with E-state index in [1.165, 1.54) is 12.8 Å². The summed E-state index contributed by atoms with van der Waals surface area (Å²) < 4.78 is 0. The van der Waals surface area contributed by atoms with Gasteiger partial charge in [0.2, 0.25) is 0 Å². The predicted molar refractivity (Wildman–Crippen MR) is 60.2 cm³/mol. The maximum atomic E-state index is 11.7. The SMILES string of the molecule is CCCCN(CC1CC1)C(=O)NCC(=O)O. The van der Waals surface area contributed by atoms with Gasteiger partial charge in [-0.15, -0.1) is 0 Å². The maximum Gasteiger partial charge on any atom is 0.323 e. The Balaban J connectivity index is 2.32. The number of urea groups is 1. The molecule has 1 rings (SSSR count). The number of aliphatic carboxylic acids is 1. The number of carboxylic acid groups (broad SMARTS) is 1. The summed E-state index contributed by atoms with van der Waals surface area (Å²) in [6.07, 6.45) is 4.38. The van der Waals surface area contributed by atoms with Crippen molar-refractivity contribution < 1.29 is 14.7 Å². The number of carboxylic acids is 1. The molecule has 1 aliphatic rings. The molecule has 1 saturated carbocycles. The van der Waals surface area contributed by atoms with Crippen molar-refractivity contribution in [2.45, 2.75) is 32.6 Å². The summed E-state index contributed by atoms with van der Waals surface area (Å²) in [5.74, 6) is -0.373. The van der Waals surface area contributed by atoms with E-state index in [2.05, 4.69) is 12.2 Å². The summed E-state index contributed by atoms with van der Waals surface area (Å²) in [6, 6.07) is -0.247. The number of nitrogens with zero attached hydrogens (tertiary/aromatic N) is 1. The third-order valence-corrected chi connectivity index (χ3v) is 2.64. The molecule has 2 N–H and O–H groups in total. The molecule has 0 heterocycles. The molecule has 0 saturated heterocycles. The van der Waals surface area contributed by atoms with Gasteiger partial charge in [-0.2, -0.15) is 0 Å². The van der Waals surface area contributed by atoms with E-state index < -0.39 is 5.97 Å². The Morgan fingerprint density at radius 2 is 2.12 bits per heavy atom. The lowest BCUT2D eigenvalue weighted by Crippen LogP contribution is -2.43. The number of carbonyl (C=O) groups excluding carboxylic acids is 1. The third-order valence-electron chi connectivity index (χ3n) is 2.64. The van der Waals surface area contributed by atoms with Gasteiger partial charge in [-0.3, -0.25) is 4.79 Å². The van der Waals surface area contributed by atoms with Crippen molar-refractivity contribution in [3.63, 3.8) is 0 Å². The molecular weight excluding hydrogens is 208 g/mol. The predicted octanol–water partition coefficient (Wildman–Crippen LogP) is 1.29. The number of unbranched alkanes of at least 4 members (excludes halogenated alkanes) is 1. The lowest BCUT2D eigenvalue weighted by molar-refractivity contribution is -0.135. The Hall–Kier alpha value is -1.26. The Morgan fingerprint density at radius 3 is 2.62 bits per heavy atom. The van der Waals surface area contributed by atoms with E-state index in [0.717, 1.165) is 25.9 Å². The zero-order valence-corrected chi connectivity index (χ0v) is 9.74. The molecule has 0 spiro atoms. The Bertz CT molecular complexity index is 252. The first kappa shape index (κ1) is 12.8. The summed E-state index contributed by atoms with van der Waals surface area (Å²) in [5, 5.41) is 10.9. The average molecular weight is 228 g/mol. The molecule has 5 nitrogen and oxygen atoms in total. The fraction of sp³-hybridized carbons (Fsp3) is 0.818.